The number of aromatic hydroxyl groups is 1. The summed E-state index contributed by atoms with van der Waals surface area (Å²) in [5.41, 5.74) is 2.92. The lowest BCUT2D eigenvalue weighted by atomic mass is 9.99. The van der Waals surface area contributed by atoms with Gasteiger partial charge in [0, 0.05) is 11.1 Å². The molecule has 0 aliphatic heterocycles. The molecule has 4 heteroatoms. The smallest absolute Gasteiger partial charge is 0.142 e. The van der Waals surface area contributed by atoms with Crippen molar-refractivity contribution in [3.05, 3.63) is 59.7 Å². The highest BCUT2D eigenvalue weighted by atomic mass is 16.5. The highest BCUT2D eigenvalue weighted by Crippen LogP contribution is 2.33. The zero-order valence-corrected chi connectivity index (χ0v) is 12.6. The maximum Gasteiger partial charge on any atom is 0.142 e. The molecule has 0 aliphatic carbocycles. The molecule has 0 fully saturated rings. The zero-order chi connectivity index (χ0) is 16.7. The molecule has 0 aromatic heterocycles. The van der Waals surface area contributed by atoms with Crippen LogP contribution in [0, 0.1) is 0 Å². The first-order valence-electron chi connectivity index (χ1n) is 6.94. The van der Waals surface area contributed by atoms with Gasteiger partial charge in [-0.2, -0.15) is 0 Å². The highest BCUT2D eigenvalue weighted by Gasteiger charge is 2.08. The molecule has 0 unspecified atom stereocenters. The molecular formula is C19H16O4. The Kier molecular flexibility index (Phi) is 5.47. The molecular weight excluding hydrogens is 292 g/mol. The number of benzene rings is 2. The van der Waals surface area contributed by atoms with Gasteiger partial charge in [0.25, 0.3) is 0 Å². The second-order valence-electron chi connectivity index (χ2n) is 4.72. The number of allylic oxidation sites excluding steroid dienone is 2. The number of phenols is 1. The van der Waals surface area contributed by atoms with Crippen molar-refractivity contribution in [1.82, 2.24) is 0 Å². The monoisotopic (exact) mass is 308 g/mol. The Morgan fingerprint density at radius 3 is 2.39 bits per heavy atom. The van der Waals surface area contributed by atoms with E-state index in [1.807, 2.05) is 12.1 Å². The summed E-state index contributed by atoms with van der Waals surface area (Å²) in [5, 5.41) is 10.1. The fourth-order valence-electron chi connectivity index (χ4n) is 2.21. The number of phenolic OH excluding ortho intramolecular Hbond substituents is 1. The van der Waals surface area contributed by atoms with E-state index in [9.17, 15) is 14.7 Å². The van der Waals surface area contributed by atoms with Gasteiger partial charge in [0.2, 0.25) is 0 Å². The molecule has 0 atom stereocenters. The van der Waals surface area contributed by atoms with E-state index in [1.54, 1.807) is 43.5 Å². The third-order valence-corrected chi connectivity index (χ3v) is 3.28. The molecule has 0 aliphatic rings. The van der Waals surface area contributed by atoms with Crippen LogP contribution in [0.25, 0.3) is 23.3 Å². The minimum absolute atomic E-state index is 0.128. The number of methoxy groups -OCH3 is 1. The van der Waals surface area contributed by atoms with Gasteiger partial charge in [-0.3, -0.25) is 9.59 Å². The first-order valence-corrected chi connectivity index (χ1v) is 6.94. The van der Waals surface area contributed by atoms with Crippen LogP contribution in [0.15, 0.2) is 48.6 Å². The number of carbonyl (C=O) groups excluding carboxylic acids is 2. The fraction of sp³-hybridized carbons (Fsp3) is 0.0526. The van der Waals surface area contributed by atoms with Gasteiger partial charge in [-0.1, -0.05) is 18.2 Å². The number of ether oxygens (including phenoxy) is 1. The lowest BCUT2D eigenvalue weighted by molar-refractivity contribution is -0.104. The van der Waals surface area contributed by atoms with Crippen LogP contribution in [-0.2, 0) is 9.59 Å². The maximum absolute atomic E-state index is 10.5. The molecule has 2 aromatic rings. The van der Waals surface area contributed by atoms with Crippen LogP contribution in [0.5, 0.6) is 11.5 Å². The third-order valence-electron chi connectivity index (χ3n) is 3.28. The Balaban J connectivity index is 2.52. The van der Waals surface area contributed by atoms with Gasteiger partial charge >= 0.3 is 0 Å². The summed E-state index contributed by atoms with van der Waals surface area (Å²) >= 11 is 0. The van der Waals surface area contributed by atoms with Crippen molar-refractivity contribution in [1.29, 1.82) is 0 Å². The summed E-state index contributed by atoms with van der Waals surface area (Å²) in [4.78, 5) is 21.0. The van der Waals surface area contributed by atoms with E-state index in [0.29, 0.717) is 23.9 Å². The van der Waals surface area contributed by atoms with Crippen LogP contribution in [-0.4, -0.2) is 24.8 Å². The molecule has 0 saturated heterocycles. The third kappa shape index (κ3) is 3.95. The molecule has 0 radical (unpaired) electrons. The van der Waals surface area contributed by atoms with Crippen LogP contribution in [0.2, 0.25) is 0 Å². The summed E-state index contributed by atoms with van der Waals surface area (Å²) in [7, 11) is 1.55. The maximum atomic E-state index is 10.5. The molecule has 1 N–H and O–H groups in total. The van der Waals surface area contributed by atoms with E-state index in [2.05, 4.69) is 0 Å². The minimum Gasteiger partial charge on any atom is -0.507 e. The van der Waals surface area contributed by atoms with E-state index >= 15 is 0 Å². The van der Waals surface area contributed by atoms with Crippen molar-refractivity contribution in [3.63, 3.8) is 0 Å². The van der Waals surface area contributed by atoms with Crippen LogP contribution in [0.1, 0.15) is 11.1 Å². The van der Waals surface area contributed by atoms with Crippen molar-refractivity contribution >= 4 is 24.7 Å². The summed E-state index contributed by atoms with van der Waals surface area (Å²) in [6.45, 7) is 0. The summed E-state index contributed by atoms with van der Waals surface area (Å²) in [5.74, 6) is 0.757. The first kappa shape index (κ1) is 16.2. The van der Waals surface area contributed by atoms with Gasteiger partial charge < -0.3 is 9.84 Å². The van der Waals surface area contributed by atoms with Gasteiger partial charge in [0.1, 0.15) is 24.1 Å². The fourth-order valence-corrected chi connectivity index (χ4v) is 2.21. The lowest BCUT2D eigenvalue weighted by Crippen LogP contribution is -1.89. The number of hydrogen-bond donors (Lipinski definition) is 1. The molecule has 0 bridgehead atoms. The Morgan fingerprint density at radius 1 is 0.957 bits per heavy atom. The molecule has 2 aromatic carbocycles. The molecule has 0 amide bonds. The van der Waals surface area contributed by atoms with Crippen molar-refractivity contribution in [3.8, 4) is 22.6 Å². The second kappa shape index (κ2) is 7.75. The van der Waals surface area contributed by atoms with Crippen molar-refractivity contribution < 1.29 is 19.4 Å². The summed E-state index contributed by atoms with van der Waals surface area (Å²) in [6.07, 6.45) is 7.46. The predicted molar refractivity (Wildman–Crippen MR) is 90.3 cm³/mol. The van der Waals surface area contributed by atoms with E-state index in [4.69, 9.17) is 4.74 Å². The molecule has 2 rings (SSSR count). The minimum atomic E-state index is 0.128. The standard InChI is InChI=1S/C19H16O4/c1-23-19-9-7-15(13-16(19)5-3-11-21)17-12-14(4-2-10-20)6-8-18(17)22/h2-13,22H,1H3. The van der Waals surface area contributed by atoms with E-state index in [1.165, 1.54) is 12.2 Å². The van der Waals surface area contributed by atoms with Crippen molar-refractivity contribution in [2.45, 2.75) is 0 Å². The molecule has 0 heterocycles. The van der Waals surface area contributed by atoms with Crippen LogP contribution in [0.4, 0.5) is 0 Å². The molecule has 0 saturated carbocycles. The van der Waals surface area contributed by atoms with Gasteiger partial charge in [0.15, 0.2) is 0 Å². The van der Waals surface area contributed by atoms with Crippen molar-refractivity contribution in [2.75, 3.05) is 7.11 Å². The zero-order valence-electron chi connectivity index (χ0n) is 12.6. The first-order chi connectivity index (χ1) is 11.2. The predicted octanol–water partition coefficient (Wildman–Crippen LogP) is 3.49. The Hall–Kier alpha value is -3.14. The van der Waals surface area contributed by atoms with Crippen LogP contribution < -0.4 is 4.74 Å². The number of aldehydes is 2. The highest BCUT2D eigenvalue weighted by molar-refractivity contribution is 5.81. The largest absolute Gasteiger partial charge is 0.507 e. The van der Waals surface area contributed by atoms with Crippen molar-refractivity contribution in [2.24, 2.45) is 0 Å². The average molecular weight is 308 g/mol. The molecule has 0 spiro atoms. The van der Waals surface area contributed by atoms with Crippen LogP contribution >= 0.6 is 0 Å². The Bertz CT molecular complexity index is 773. The van der Waals surface area contributed by atoms with Crippen LogP contribution in [0.3, 0.4) is 0 Å². The Morgan fingerprint density at radius 2 is 1.70 bits per heavy atom. The number of hydrogen-bond acceptors (Lipinski definition) is 4. The van der Waals surface area contributed by atoms with Gasteiger partial charge in [-0.05, 0) is 53.6 Å². The Labute approximate surface area is 134 Å². The molecule has 116 valence electrons. The van der Waals surface area contributed by atoms with E-state index in [-0.39, 0.29) is 5.75 Å². The summed E-state index contributed by atoms with van der Waals surface area (Å²) < 4.78 is 5.26. The molecule has 4 nitrogen and oxygen atoms in total. The van der Waals surface area contributed by atoms with Gasteiger partial charge in [-0.25, -0.2) is 0 Å². The SMILES string of the molecule is COc1ccc(-c2cc(C=CC=O)ccc2O)cc1C=CC=O. The molecule has 23 heavy (non-hydrogen) atoms. The topological polar surface area (TPSA) is 63.6 Å². The number of rotatable bonds is 6. The van der Waals surface area contributed by atoms with Gasteiger partial charge in [-0.15, -0.1) is 0 Å². The summed E-state index contributed by atoms with van der Waals surface area (Å²) in [6, 6.07) is 10.5. The normalized spacial score (nSPS) is 11.0. The quantitative estimate of drug-likeness (QED) is 0.655. The number of carbonyl (C=O) groups is 2. The average Bonchev–Trinajstić information content (AvgIpc) is 2.59. The second-order valence-corrected chi connectivity index (χ2v) is 4.72. The van der Waals surface area contributed by atoms with E-state index < -0.39 is 0 Å². The van der Waals surface area contributed by atoms with E-state index in [0.717, 1.165) is 16.7 Å². The lowest BCUT2D eigenvalue weighted by Gasteiger charge is -2.10. The van der Waals surface area contributed by atoms with Gasteiger partial charge in [0.05, 0.1) is 7.11 Å².